The van der Waals surface area contributed by atoms with Crippen molar-refractivity contribution in [3.8, 4) is 11.1 Å². The second-order valence-corrected chi connectivity index (χ2v) is 9.66. The van der Waals surface area contributed by atoms with Gasteiger partial charge in [-0.25, -0.2) is 23.7 Å². The Morgan fingerprint density at radius 3 is 2.31 bits per heavy atom. The summed E-state index contributed by atoms with van der Waals surface area (Å²) in [7, 11) is 0. The number of hydrogen-bond acceptors (Lipinski definition) is 6. The predicted molar refractivity (Wildman–Crippen MR) is 131 cm³/mol. The number of benzene rings is 1. The zero-order valence-corrected chi connectivity index (χ0v) is 20.2. The van der Waals surface area contributed by atoms with E-state index in [2.05, 4.69) is 20.3 Å². The maximum absolute atomic E-state index is 14.0. The Balaban J connectivity index is 1.74. The van der Waals surface area contributed by atoms with Crippen molar-refractivity contribution in [1.82, 2.24) is 15.0 Å². The quantitative estimate of drug-likeness (QED) is 0.516. The zero-order valence-electron chi connectivity index (χ0n) is 20.2. The number of rotatable bonds is 6. The van der Waals surface area contributed by atoms with E-state index in [0.717, 1.165) is 11.1 Å². The monoisotopic (exact) mass is 481 g/mol. The van der Waals surface area contributed by atoms with Crippen LogP contribution in [0.2, 0.25) is 0 Å². The van der Waals surface area contributed by atoms with Gasteiger partial charge >= 0.3 is 0 Å². The fourth-order valence-electron chi connectivity index (χ4n) is 3.97. The molecule has 0 aliphatic carbocycles. The molecule has 0 saturated carbocycles. The van der Waals surface area contributed by atoms with Gasteiger partial charge in [0.2, 0.25) is 0 Å². The van der Waals surface area contributed by atoms with Crippen molar-refractivity contribution in [3.05, 3.63) is 65.9 Å². The predicted octanol–water partition coefficient (Wildman–Crippen LogP) is 4.99. The van der Waals surface area contributed by atoms with Crippen LogP contribution >= 0.6 is 0 Å². The molecule has 4 rings (SSSR count). The second kappa shape index (κ2) is 9.30. The summed E-state index contributed by atoms with van der Waals surface area (Å²) in [5.41, 5.74) is 1.67. The Labute approximate surface area is 203 Å². The van der Waals surface area contributed by atoms with Gasteiger partial charge in [-0.3, -0.25) is 4.79 Å². The van der Waals surface area contributed by atoms with E-state index < -0.39 is 24.0 Å². The summed E-state index contributed by atoms with van der Waals surface area (Å²) in [5.74, 6) is -2.27. The lowest BCUT2D eigenvalue weighted by atomic mass is 9.95. The largest absolute Gasteiger partial charge is 0.386 e. The number of carbonyl (C=O) groups is 1. The first-order chi connectivity index (χ1) is 16.4. The SMILES string of the molecule is CC(C)c1ncc(C(=O)Nc2c(-c3ccc(C(C)(C)O)cc3)ccnc2N2CCC(F)(F)C2)cn1. The Hall–Kier alpha value is -3.46. The van der Waals surface area contributed by atoms with E-state index in [1.807, 2.05) is 26.0 Å². The van der Waals surface area contributed by atoms with E-state index in [-0.39, 0.29) is 30.3 Å². The van der Waals surface area contributed by atoms with Gasteiger partial charge in [-0.15, -0.1) is 0 Å². The molecule has 1 aromatic carbocycles. The molecular weight excluding hydrogens is 452 g/mol. The minimum absolute atomic E-state index is 0.118. The van der Waals surface area contributed by atoms with Gasteiger partial charge in [0.05, 0.1) is 23.4 Å². The highest BCUT2D eigenvalue weighted by molar-refractivity contribution is 6.08. The molecule has 3 aromatic rings. The number of alkyl halides is 2. The number of pyridine rings is 1. The number of halogens is 2. The smallest absolute Gasteiger partial charge is 0.266 e. The third kappa shape index (κ3) is 5.45. The molecule has 1 amide bonds. The summed E-state index contributed by atoms with van der Waals surface area (Å²) < 4.78 is 28.0. The molecule has 0 spiro atoms. The Morgan fingerprint density at radius 1 is 1.11 bits per heavy atom. The van der Waals surface area contributed by atoms with Crippen molar-refractivity contribution in [2.75, 3.05) is 23.3 Å². The van der Waals surface area contributed by atoms with Gasteiger partial charge in [0.1, 0.15) is 5.82 Å². The van der Waals surface area contributed by atoms with Crippen LogP contribution in [-0.2, 0) is 5.60 Å². The molecule has 1 aliphatic heterocycles. The first-order valence-electron chi connectivity index (χ1n) is 11.5. The number of nitrogens with one attached hydrogen (secondary N) is 1. The fraction of sp³-hybridized carbons (Fsp3) is 0.385. The molecule has 35 heavy (non-hydrogen) atoms. The Kier molecular flexibility index (Phi) is 6.55. The van der Waals surface area contributed by atoms with E-state index in [9.17, 15) is 18.7 Å². The summed E-state index contributed by atoms with van der Waals surface area (Å²) in [4.78, 5) is 27.5. The van der Waals surface area contributed by atoms with Crippen molar-refractivity contribution in [2.45, 2.75) is 51.6 Å². The van der Waals surface area contributed by atoms with Crippen LogP contribution in [0.15, 0.2) is 48.9 Å². The molecule has 1 aliphatic rings. The highest BCUT2D eigenvalue weighted by Crippen LogP contribution is 2.39. The van der Waals surface area contributed by atoms with Gasteiger partial charge in [-0.05, 0) is 31.0 Å². The lowest BCUT2D eigenvalue weighted by molar-refractivity contribution is 0.0256. The molecule has 0 atom stereocenters. The highest BCUT2D eigenvalue weighted by atomic mass is 19.3. The number of carbonyl (C=O) groups excluding carboxylic acids is 1. The molecule has 2 aromatic heterocycles. The fourth-order valence-corrected chi connectivity index (χ4v) is 3.97. The lowest BCUT2D eigenvalue weighted by Crippen LogP contribution is -2.27. The van der Waals surface area contributed by atoms with Gasteiger partial charge in [-0.2, -0.15) is 0 Å². The van der Waals surface area contributed by atoms with Crippen LogP contribution in [0.1, 0.15) is 61.8 Å². The zero-order chi connectivity index (χ0) is 25.4. The molecule has 1 fully saturated rings. The minimum Gasteiger partial charge on any atom is -0.386 e. The number of hydrogen-bond donors (Lipinski definition) is 2. The average molecular weight is 482 g/mol. The third-order valence-electron chi connectivity index (χ3n) is 5.99. The van der Waals surface area contributed by atoms with E-state index in [0.29, 0.717) is 17.1 Å². The van der Waals surface area contributed by atoms with E-state index in [4.69, 9.17) is 0 Å². The van der Waals surface area contributed by atoms with Crippen LogP contribution < -0.4 is 10.2 Å². The molecule has 184 valence electrons. The summed E-state index contributed by atoms with van der Waals surface area (Å²) >= 11 is 0. The standard InChI is InChI=1S/C26H29F2N5O2/c1-16(2)22-30-13-18(14-31-22)24(34)32-21-20(17-5-7-19(8-6-17)25(3,4)35)9-11-29-23(21)33-12-10-26(27,28)15-33/h5-9,11,13-14,16,35H,10,12,15H2,1-4H3,(H,32,34). The van der Waals surface area contributed by atoms with Gasteiger partial charge < -0.3 is 15.3 Å². The number of aromatic nitrogens is 3. The Bertz CT molecular complexity index is 1210. The van der Waals surface area contributed by atoms with Crippen LogP contribution in [0.4, 0.5) is 20.3 Å². The molecule has 1 saturated heterocycles. The molecule has 0 unspecified atom stereocenters. The minimum atomic E-state index is -2.83. The Morgan fingerprint density at radius 2 is 1.77 bits per heavy atom. The number of anilines is 2. The van der Waals surface area contributed by atoms with Crippen molar-refractivity contribution in [1.29, 1.82) is 0 Å². The number of aliphatic hydroxyl groups is 1. The van der Waals surface area contributed by atoms with Crippen LogP contribution in [0.25, 0.3) is 11.1 Å². The first-order valence-corrected chi connectivity index (χ1v) is 11.5. The van der Waals surface area contributed by atoms with E-state index >= 15 is 0 Å². The van der Waals surface area contributed by atoms with Gasteiger partial charge in [0.15, 0.2) is 5.82 Å². The maximum Gasteiger partial charge on any atom is 0.266 e. The van der Waals surface area contributed by atoms with Crippen molar-refractivity contribution in [3.63, 3.8) is 0 Å². The molecule has 3 heterocycles. The molecule has 9 heteroatoms. The van der Waals surface area contributed by atoms with Gasteiger partial charge in [0, 0.05) is 43.0 Å². The number of nitrogens with zero attached hydrogens (tertiary/aromatic N) is 4. The topological polar surface area (TPSA) is 91.2 Å². The first kappa shape index (κ1) is 24.7. The summed E-state index contributed by atoms with van der Waals surface area (Å²) in [5, 5.41) is 13.2. The lowest BCUT2D eigenvalue weighted by Gasteiger charge is -2.23. The van der Waals surface area contributed by atoms with Crippen molar-refractivity contribution >= 4 is 17.4 Å². The molecule has 7 nitrogen and oxygen atoms in total. The number of amides is 1. The van der Waals surface area contributed by atoms with Crippen LogP contribution in [0.3, 0.4) is 0 Å². The van der Waals surface area contributed by atoms with Crippen molar-refractivity contribution < 1.29 is 18.7 Å². The van der Waals surface area contributed by atoms with Crippen molar-refractivity contribution in [2.24, 2.45) is 0 Å². The van der Waals surface area contributed by atoms with Gasteiger partial charge in [-0.1, -0.05) is 38.1 Å². The molecule has 2 N–H and O–H groups in total. The normalized spacial score (nSPS) is 15.5. The summed E-state index contributed by atoms with van der Waals surface area (Å²) in [6.07, 6.45) is 4.17. The van der Waals surface area contributed by atoms with Crippen LogP contribution in [0, 0.1) is 0 Å². The molecular formula is C26H29F2N5O2. The molecule has 0 bridgehead atoms. The highest BCUT2D eigenvalue weighted by Gasteiger charge is 2.40. The average Bonchev–Trinajstić information content (AvgIpc) is 3.18. The summed E-state index contributed by atoms with van der Waals surface area (Å²) in [6.45, 7) is 6.94. The maximum atomic E-state index is 14.0. The second-order valence-electron chi connectivity index (χ2n) is 9.66. The van der Waals surface area contributed by atoms with Crippen LogP contribution in [-0.4, -0.2) is 45.0 Å². The summed E-state index contributed by atoms with van der Waals surface area (Å²) in [6, 6.07) is 8.96. The van der Waals surface area contributed by atoms with E-state index in [1.165, 1.54) is 17.3 Å². The third-order valence-corrected chi connectivity index (χ3v) is 5.99. The van der Waals surface area contributed by atoms with Crippen LogP contribution in [0.5, 0.6) is 0 Å². The van der Waals surface area contributed by atoms with Gasteiger partial charge in [0.25, 0.3) is 11.8 Å². The van der Waals surface area contributed by atoms with E-state index in [1.54, 1.807) is 38.2 Å². The molecule has 0 radical (unpaired) electrons.